The van der Waals surface area contributed by atoms with Crippen LogP contribution in [0.3, 0.4) is 0 Å². The number of piperidine rings is 1. The third kappa shape index (κ3) is 5.12. The van der Waals surface area contributed by atoms with Crippen LogP contribution in [0.2, 0.25) is 5.02 Å². The van der Waals surface area contributed by atoms with Gasteiger partial charge in [0.25, 0.3) is 0 Å². The third-order valence-corrected chi connectivity index (χ3v) is 5.92. The zero-order valence-corrected chi connectivity index (χ0v) is 15.8. The van der Waals surface area contributed by atoms with Crippen LogP contribution < -0.4 is 5.32 Å². The zero-order valence-electron chi connectivity index (χ0n) is 14.2. The van der Waals surface area contributed by atoms with Crippen LogP contribution in [0.1, 0.15) is 18.4 Å². The summed E-state index contributed by atoms with van der Waals surface area (Å²) in [5.74, 6) is 1.56. The van der Waals surface area contributed by atoms with Crippen molar-refractivity contribution in [2.45, 2.75) is 24.6 Å². The number of piperazine rings is 1. The first-order chi connectivity index (χ1) is 12.1. The molecular weight excluding hydrogens is 358 g/mol. The molecule has 5 nitrogen and oxygen atoms in total. The molecule has 2 aliphatic heterocycles. The van der Waals surface area contributed by atoms with Crippen molar-refractivity contribution in [3.05, 3.63) is 34.9 Å². The number of thioether (sulfide) groups is 1. The summed E-state index contributed by atoms with van der Waals surface area (Å²) in [5.41, 5.74) is 1.13. The third-order valence-electron chi connectivity index (χ3n) is 4.70. The van der Waals surface area contributed by atoms with Crippen LogP contribution in [0.15, 0.2) is 24.3 Å². The summed E-state index contributed by atoms with van der Waals surface area (Å²) in [6.07, 6.45) is 1.96. The Labute approximate surface area is 158 Å². The summed E-state index contributed by atoms with van der Waals surface area (Å²) in [6, 6.07) is 7.92. The first kappa shape index (κ1) is 18.5. The van der Waals surface area contributed by atoms with Gasteiger partial charge in [0.2, 0.25) is 11.8 Å². The van der Waals surface area contributed by atoms with E-state index in [1.54, 1.807) is 11.8 Å². The second-order valence-corrected chi connectivity index (χ2v) is 7.94. The second kappa shape index (κ2) is 8.92. The van der Waals surface area contributed by atoms with E-state index in [1.807, 2.05) is 34.1 Å². The SMILES string of the molecule is O=C(CSCc1cccc(Cl)c1)N1CCCC(N2CCNCC2=O)C1. The Kier molecular flexibility index (Phi) is 6.62. The van der Waals surface area contributed by atoms with Crippen LogP contribution in [0.5, 0.6) is 0 Å². The monoisotopic (exact) mass is 381 g/mol. The maximum absolute atomic E-state index is 12.5. The van der Waals surface area contributed by atoms with Gasteiger partial charge in [0.05, 0.1) is 12.3 Å². The molecule has 25 heavy (non-hydrogen) atoms. The lowest BCUT2D eigenvalue weighted by molar-refractivity contribution is -0.139. The highest BCUT2D eigenvalue weighted by molar-refractivity contribution is 7.99. The van der Waals surface area contributed by atoms with Crippen molar-refractivity contribution >= 4 is 35.2 Å². The first-order valence-electron chi connectivity index (χ1n) is 8.73. The molecule has 2 amide bonds. The number of nitrogens with one attached hydrogen (secondary N) is 1. The fraction of sp³-hybridized carbons (Fsp3) is 0.556. The topological polar surface area (TPSA) is 52.7 Å². The van der Waals surface area contributed by atoms with Crippen LogP contribution in [0.25, 0.3) is 0 Å². The zero-order chi connectivity index (χ0) is 17.6. The number of hydrogen-bond donors (Lipinski definition) is 1. The normalized spacial score (nSPS) is 21.5. The number of benzene rings is 1. The molecule has 0 bridgehead atoms. The van der Waals surface area contributed by atoms with E-state index in [2.05, 4.69) is 5.32 Å². The summed E-state index contributed by atoms with van der Waals surface area (Å²) in [4.78, 5) is 28.5. The predicted molar refractivity (Wildman–Crippen MR) is 102 cm³/mol. The number of halogens is 1. The standard InChI is InChI=1S/C18H24ClN3O2S/c19-15-4-1-3-14(9-15)12-25-13-18(24)21-7-2-5-16(11-21)22-8-6-20-10-17(22)23/h1,3-4,9,16,20H,2,5-8,10-13H2. The molecule has 1 aromatic carbocycles. The maximum Gasteiger partial charge on any atom is 0.236 e. The summed E-state index contributed by atoms with van der Waals surface area (Å²) < 4.78 is 0. The van der Waals surface area contributed by atoms with Crippen LogP contribution >= 0.6 is 23.4 Å². The van der Waals surface area contributed by atoms with Gasteiger partial charge in [-0.15, -0.1) is 11.8 Å². The Morgan fingerprint density at radius 2 is 2.24 bits per heavy atom. The van der Waals surface area contributed by atoms with Crippen molar-refractivity contribution in [2.75, 3.05) is 38.5 Å². The Bertz CT molecular complexity index is 628. The maximum atomic E-state index is 12.5. The van der Waals surface area contributed by atoms with Gasteiger partial charge in [-0.05, 0) is 30.5 Å². The number of hydrogen-bond acceptors (Lipinski definition) is 4. The largest absolute Gasteiger partial charge is 0.340 e. The molecule has 2 fully saturated rings. The lowest BCUT2D eigenvalue weighted by Gasteiger charge is -2.41. The van der Waals surface area contributed by atoms with E-state index in [0.717, 1.165) is 48.8 Å². The number of carbonyl (C=O) groups is 2. The van der Waals surface area contributed by atoms with Crippen LogP contribution in [0, 0.1) is 0 Å². The Hall–Kier alpha value is -1.24. The molecule has 0 spiro atoms. The molecule has 1 atom stereocenters. The quantitative estimate of drug-likeness (QED) is 0.847. The smallest absolute Gasteiger partial charge is 0.236 e. The minimum Gasteiger partial charge on any atom is -0.340 e. The molecule has 1 aromatic rings. The van der Waals surface area contributed by atoms with Crippen molar-refractivity contribution < 1.29 is 9.59 Å². The van der Waals surface area contributed by atoms with Crippen molar-refractivity contribution in [3.8, 4) is 0 Å². The average Bonchev–Trinajstić information content (AvgIpc) is 2.62. The Morgan fingerprint density at radius 1 is 1.36 bits per heavy atom. The molecule has 1 N–H and O–H groups in total. The highest BCUT2D eigenvalue weighted by Crippen LogP contribution is 2.20. The van der Waals surface area contributed by atoms with Gasteiger partial charge in [-0.1, -0.05) is 23.7 Å². The van der Waals surface area contributed by atoms with E-state index in [-0.39, 0.29) is 17.9 Å². The van der Waals surface area contributed by atoms with E-state index < -0.39 is 0 Å². The molecule has 136 valence electrons. The number of nitrogens with zero attached hydrogens (tertiary/aromatic N) is 2. The highest BCUT2D eigenvalue weighted by atomic mass is 35.5. The number of amides is 2. The molecule has 3 rings (SSSR count). The van der Waals surface area contributed by atoms with Gasteiger partial charge in [-0.3, -0.25) is 9.59 Å². The minimum atomic E-state index is 0.154. The molecule has 7 heteroatoms. The van der Waals surface area contributed by atoms with Crippen molar-refractivity contribution in [3.63, 3.8) is 0 Å². The van der Waals surface area contributed by atoms with Gasteiger partial charge in [0.1, 0.15) is 0 Å². The molecule has 2 heterocycles. The number of likely N-dealkylation sites (tertiary alicyclic amines) is 1. The molecule has 0 aromatic heterocycles. The highest BCUT2D eigenvalue weighted by Gasteiger charge is 2.31. The Balaban J connectivity index is 1.47. The summed E-state index contributed by atoms with van der Waals surface area (Å²) >= 11 is 7.60. The van der Waals surface area contributed by atoms with Gasteiger partial charge < -0.3 is 15.1 Å². The van der Waals surface area contributed by atoms with E-state index >= 15 is 0 Å². The van der Waals surface area contributed by atoms with Crippen molar-refractivity contribution in [2.24, 2.45) is 0 Å². The molecule has 2 aliphatic rings. The molecule has 1 unspecified atom stereocenters. The van der Waals surface area contributed by atoms with E-state index in [4.69, 9.17) is 11.6 Å². The molecule has 0 aliphatic carbocycles. The number of carbonyl (C=O) groups excluding carboxylic acids is 2. The van der Waals surface area contributed by atoms with E-state index in [0.29, 0.717) is 18.8 Å². The number of rotatable bonds is 5. The van der Waals surface area contributed by atoms with Crippen LogP contribution in [-0.4, -0.2) is 66.1 Å². The average molecular weight is 382 g/mol. The van der Waals surface area contributed by atoms with Gasteiger partial charge in [0, 0.05) is 43.0 Å². The van der Waals surface area contributed by atoms with Gasteiger partial charge in [-0.2, -0.15) is 0 Å². The predicted octanol–water partition coefficient (Wildman–Crippen LogP) is 2.00. The fourth-order valence-corrected chi connectivity index (χ4v) is 4.50. The van der Waals surface area contributed by atoms with Crippen molar-refractivity contribution in [1.29, 1.82) is 0 Å². The minimum absolute atomic E-state index is 0.154. The second-order valence-electron chi connectivity index (χ2n) is 6.52. The summed E-state index contributed by atoms with van der Waals surface area (Å²) in [6.45, 7) is 3.47. The fourth-order valence-electron chi connectivity index (χ4n) is 3.42. The first-order valence-corrected chi connectivity index (χ1v) is 10.3. The lowest BCUT2D eigenvalue weighted by atomic mass is 10.0. The van der Waals surface area contributed by atoms with Crippen molar-refractivity contribution in [1.82, 2.24) is 15.1 Å². The van der Waals surface area contributed by atoms with Crippen LogP contribution in [0.4, 0.5) is 0 Å². The van der Waals surface area contributed by atoms with Gasteiger partial charge in [0.15, 0.2) is 0 Å². The van der Waals surface area contributed by atoms with Crippen LogP contribution in [-0.2, 0) is 15.3 Å². The molecule has 0 saturated carbocycles. The molecular formula is C18H24ClN3O2S. The van der Waals surface area contributed by atoms with E-state index in [1.165, 1.54) is 0 Å². The lowest BCUT2D eigenvalue weighted by Crippen LogP contribution is -2.57. The van der Waals surface area contributed by atoms with Gasteiger partial charge in [-0.25, -0.2) is 0 Å². The summed E-state index contributed by atoms with van der Waals surface area (Å²) in [7, 11) is 0. The Morgan fingerprint density at radius 3 is 3.04 bits per heavy atom. The molecule has 0 radical (unpaired) electrons. The summed E-state index contributed by atoms with van der Waals surface area (Å²) in [5, 5.41) is 3.83. The molecule has 2 saturated heterocycles. The van der Waals surface area contributed by atoms with Gasteiger partial charge >= 0.3 is 0 Å². The van der Waals surface area contributed by atoms with E-state index in [9.17, 15) is 9.59 Å².